The predicted octanol–water partition coefficient (Wildman–Crippen LogP) is 2.17. The van der Waals surface area contributed by atoms with Gasteiger partial charge in [0.15, 0.2) is 6.16 Å². The molecule has 0 fully saturated rings. The predicted molar refractivity (Wildman–Crippen MR) is 51.2 cm³/mol. The van der Waals surface area contributed by atoms with Crippen molar-refractivity contribution in [3.8, 4) is 0 Å². The molecule has 0 aromatic rings. The van der Waals surface area contributed by atoms with Gasteiger partial charge in [-0.2, -0.15) is 0 Å². The highest BCUT2D eigenvalue weighted by atomic mass is 31.1. The first kappa shape index (κ1) is 13.0. The number of unbranched alkanes of at least 4 members (excludes halogenated alkanes) is 1. The van der Waals surface area contributed by atoms with Crippen LogP contribution < -0.4 is 0 Å². The van der Waals surface area contributed by atoms with E-state index in [2.05, 4.69) is 0 Å². The fourth-order valence-corrected chi connectivity index (χ4v) is 1.69. The maximum Gasteiger partial charge on any atom is 0.508 e. The third-order valence-electron chi connectivity index (χ3n) is 1.35. The van der Waals surface area contributed by atoms with Gasteiger partial charge in [0.2, 0.25) is 0 Å². The SMILES string of the molecule is CCO[P+](=O)CCCCOCOC. The van der Waals surface area contributed by atoms with Crippen molar-refractivity contribution < 1.29 is 18.6 Å². The topological polar surface area (TPSA) is 44.8 Å². The van der Waals surface area contributed by atoms with Crippen LogP contribution in [0.4, 0.5) is 0 Å². The van der Waals surface area contributed by atoms with E-state index in [1.807, 2.05) is 6.92 Å². The third-order valence-corrected chi connectivity index (χ3v) is 2.58. The molecule has 4 nitrogen and oxygen atoms in total. The third kappa shape index (κ3) is 9.90. The first-order chi connectivity index (χ1) is 6.31. The van der Waals surface area contributed by atoms with Gasteiger partial charge in [0.1, 0.15) is 6.79 Å². The summed E-state index contributed by atoms with van der Waals surface area (Å²) >= 11 is 0. The quantitative estimate of drug-likeness (QED) is 0.331. The Labute approximate surface area is 80.4 Å². The summed E-state index contributed by atoms with van der Waals surface area (Å²) in [5.74, 6) is 0. The highest BCUT2D eigenvalue weighted by Gasteiger charge is 2.14. The first-order valence-electron chi connectivity index (χ1n) is 4.45. The lowest BCUT2D eigenvalue weighted by Gasteiger charge is -1.99. The average Bonchev–Trinajstić information content (AvgIpc) is 2.11. The van der Waals surface area contributed by atoms with Crippen molar-refractivity contribution in [2.45, 2.75) is 19.8 Å². The lowest BCUT2D eigenvalue weighted by Crippen LogP contribution is -1.98. The van der Waals surface area contributed by atoms with Gasteiger partial charge in [-0.1, -0.05) is 0 Å². The lowest BCUT2D eigenvalue weighted by molar-refractivity contribution is -0.0311. The van der Waals surface area contributed by atoms with Gasteiger partial charge in [0.05, 0.1) is 6.61 Å². The molecule has 0 heterocycles. The zero-order chi connectivity index (χ0) is 9.94. The molecule has 0 radical (unpaired) electrons. The number of rotatable bonds is 9. The van der Waals surface area contributed by atoms with E-state index in [9.17, 15) is 4.57 Å². The molecule has 0 amide bonds. The Balaban J connectivity index is 3.02. The second-order valence-corrected chi connectivity index (χ2v) is 3.87. The first-order valence-corrected chi connectivity index (χ1v) is 5.81. The van der Waals surface area contributed by atoms with Crippen LogP contribution in [-0.2, 0) is 18.6 Å². The molecule has 0 aliphatic heterocycles. The minimum atomic E-state index is -1.44. The van der Waals surface area contributed by atoms with E-state index in [0.717, 1.165) is 12.8 Å². The van der Waals surface area contributed by atoms with Crippen LogP contribution in [0, 0.1) is 0 Å². The molecular formula is C8H18O4P+. The molecule has 0 saturated carbocycles. The fourth-order valence-electron chi connectivity index (χ4n) is 0.796. The van der Waals surface area contributed by atoms with Gasteiger partial charge in [-0.05, 0) is 24.3 Å². The second kappa shape index (κ2) is 10.1. The molecule has 0 spiro atoms. The molecule has 78 valence electrons. The summed E-state index contributed by atoms with van der Waals surface area (Å²) in [4.78, 5) is 0. The van der Waals surface area contributed by atoms with Crippen LogP contribution in [0.1, 0.15) is 19.8 Å². The van der Waals surface area contributed by atoms with E-state index in [1.54, 1.807) is 7.11 Å². The standard InChI is InChI=1S/C8H18O4P/c1-3-12-13(9)7-5-4-6-11-8-10-2/h3-8H2,1-2H3/q+1. The minimum Gasteiger partial charge on any atom is -0.359 e. The Morgan fingerprint density at radius 3 is 2.69 bits per heavy atom. The average molecular weight is 209 g/mol. The van der Waals surface area contributed by atoms with Crippen molar-refractivity contribution in [3.05, 3.63) is 0 Å². The summed E-state index contributed by atoms with van der Waals surface area (Å²) in [6.45, 7) is 3.35. The zero-order valence-corrected chi connectivity index (χ0v) is 9.22. The molecule has 1 atom stereocenters. The molecular weight excluding hydrogens is 191 g/mol. The van der Waals surface area contributed by atoms with Crippen LogP contribution in [0.15, 0.2) is 0 Å². The Kier molecular flexibility index (Phi) is 10.0. The van der Waals surface area contributed by atoms with E-state index in [0.29, 0.717) is 26.2 Å². The maximum atomic E-state index is 11.0. The van der Waals surface area contributed by atoms with Crippen LogP contribution in [0.3, 0.4) is 0 Å². The molecule has 0 saturated heterocycles. The van der Waals surface area contributed by atoms with E-state index in [1.165, 1.54) is 0 Å². The Hall–Kier alpha value is -0.0200. The summed E-state index contributed by atoms with van der Waals surface area (Å²) < 4.78 is 25.7. The van der Waals surface area contributed by atoms with Gasteiger partial charge in [-0.15, -0.1) is 4.52 Å². The van der Waals surface area contributed by atoms with Crippen molar-refractivity contribution in [2.24, 2.45) is 0 Å². The van der Waals surface area contributed by atoms with Crippen molar-refractivity contribution in [1.82, 2.24) is 0 Å². The molecule has 1 unspecified atom stereocenters. The van der Waals surface area contributed by atoms with E-state index < -0.39 is 8.03 Å². The summed E-state index contributed by atoms with van der Waals surface area (Å²) in [5.41, 5.74) is 0. The van der Waals surface area contributed by atoms with Gasteiger partial charge < -0.3 is 9.47 Å². The number of hydrogen-bond acceptors (Lipinski definition) is 4. The van der Waals surface area contributed by atoms with E-state index >= 15 is 0 Å². The van der Waals surface area contributed by atoms with Crippen molar-refractivity contribution in [2.75, 3.05) is 33.3 Å². The summed E-state index contributed by atoms with van der Waals surface area (Å²) in [7, 11) is 0.147. The van der Waals surface area contributed by atoms with Crippen molar-refractivity contribution in [1.29, 1.82) is 0 Å². The molecule has 0 aromatic heterocycles. The van der Waals surface area contributed by atoms with Gasteiger partial charge in [-0.25, -0.2) is 0 Å². The monoisotopic (exact) mass is 209 g/mol. The second-order valence-electron chi connectivity index (χ2n) is 2.50. The molecule has 0 aliphatic carbocycles. The number of ether oxygens (including phenoxy) is 2. The summed E-state index contributed by atoms with van der Waals surface area (Å²) in [6, 6.07) is 0. The molecule has 0 bridgehead atoms. The van der Waals surface area contributed by atoms with Gasteiger partial charge in [-0.3, -0.25) is 0 Å². The van der Waals surface area contributed by atoms with Crippen molar-refractivity contribution in [3.63, 3.8) is 0 Å². The summed E-state index contributed by atoms with van der Waals surface area (Å²) in [6.07, 6.45) is 2.40. The molecule has 0 aromatic carbocycles. The van der Waals surface area contributed by atoms with Gasteiger partial charge >= 0.3 is 8.03 Å². The lowest BCUT2D eigenvalue weighted by atomic mass is 10.4. The van der Waals surface area contributed by atoms with Crippen LogP contribution in [0.5, 0.6) is 0 Å². The van der Waals surface area contributed by atoms with Crippen LogP contribution >= 0.6 is 8.03 Å². The van der Waals surface area contributed by atoms with Crippen molar-refractivity contribution >= 4 is 8.03 Å². The highest BCUT2D eigenvalue weighted by Crippen LogP contribution is 2.22. The van der Waals surface area contributed by atoms with E-state index in [4.69, 9.17) is 14.0 Å². The molecule has 0 N–H and O–H groups in total. The molecule has 5 heteroatoms. The smallest absolute Gasteiger partial charge is 0.359 e. The zero-order valence-electron chi connectivity index (χ0n) is 8.32. The van der Waals surface area contributed by atoms with E-state index in [-0.39, 0.29) is 0 Å². The largest absolute Gasteiger partial charge is 0.508 e. The van der Waals surface area contributed by atoms with Crippen LogP contribution in [0.2, 0.25) is 0 Å². The number of hydrogen-bond donors (Lipinski definition) is 0. The molecule has 0 rings (SSSR count). The number of methoxy groups -OCH3 is 1. The maximum absolute atomic E-state index is 11.0. The van der Waals surface area contributed by atoms with Gasteiger partial charge in [0.25, 0.3) is 0 Å². The van der Waals surface area contributed by atoms with Crippen LogP contribution in [-0.4, -0.2) is 33.3 Å². The summed E-state index contributed by atoms with van der Waals surface area (Å²) in [5, 5.41) is 0. The normalized spacial score (nSPS) is 11.7. The fraction of sp³-hybridized carbons (Fsp3) is 1.00. The Morgan fingerprint density at radius 1 is 1.31 bits per heavy atom. The van der Waals surface area contributed by atoms with Gasteiger partial charge in [0, 0.05) is 13.7 Å². The van der Waals surface area contributed by atoms with Crippen LogP contribution in [0.25, 0.3) is 0 Å². The Morgan fingerprint density at radius 2 is 2.08 bits per heavy atom. The highest BCUT2D eigenvalue weighted by molar-refractivity contribution is 7.39. The minimum absolute atomic E-state index is 0.331. The molecule has 0 aliphatic rings. The Bertz CT molecular complexity index is 129. The molecule has 13 heavy (non-hydrogen) atoms.